The van der Waals surface area contributed by atoms with Crippen LogP contribution in [0, 0.1) is 0 Å². The minimum absolute atomic E-state index is 0.797. The van der Waals surface area contributed by atoms with E-state index >= 15 is 0 Å². The second-order valence-corrected chi connectivity index (χ2v) is 1.21. The van der Waals surface area contributed by atoms with Crippen molar-refractivity contribution in [3.05, 3.63) is 12.2 Å². The van der Waals surface area contributed by atoms with Crippen LogP contribution in [0.5, 0.6) is 0 Å². The van der Waals surface area contributed by atoms with Crippen LogP contribution in [0.4, 0.5) is 0 Å². The smallest absolute Gasteiger partial charge is 0.0332 e. The molecule has 1 heteroatoms. The fraction of sp³-hybridized carbons (Fsp3) is 0.400. The maximum atomic E-state index is 4.42. The van der Waals surface area contributed by atoms with Crippen LogP contribution >= 0.6 is 12.2 Å². The van der Waals surface area contributed by atoms with Crippen molar-refractivity contribution in [2.75, 3.05) is 0 Å². The van der Waals surface area contributed by atoms with Crippen molar-refractivity contribution >= 4 is 17.6 Å². The van der Waals surface area contributed by atoms with Gasteiger partial charge in [0, 0.05) is 11.8 Å². The summed E-state index contributed by atoms with van der Waals surface area (Å²) in [5, 5.41) is 2.57. The highest BCUT2D eigenvalue weighted by Gasteiger charge is 1.61. The summed E-state index contributed by atoms with van der Waals surface area (Å²) in [6.45, 7) is 1.96. The Morgan fingerprint density at radius 2 is 2.50 bits per heavy atom. The molecule has 6 heavy (non-hydrogen) atoms. The van der Waals surface area contributed by atoms with Gasteiger partial charge < -0.3 is 0 Å². The van der Waals surface area contributed by atoms with Crippen LogP contribution in [0.3, 0.4) is 0 Å². The van der Waals surface area contributed by atoms with Gasteiger partial charge in [0.25, 0.3) is 0 Å². The summed E-state index contributed by atoms with van der Waals surface area (Å²) in [7, 11) is 0. The molecule has 0 atom stereocenters. The Bertz CT molecular complexity index is 55.0. The van der Waals surface area contributed by atoms with Crippen molar-refractivity contribution in [1.82, 2.24) is 0 Å². The van der Waals surface area contributed by atoms with E-state index < -0.39 is 0 Å². The third kappa shape index (κ3) is 3.83. The van der Waals surface area contributed by atoms with E-state index in [2.05, 4.69) is 17.6 Å². The van der Waals surface area contributed by atoms with Crippen LogP contribution in [0.2, 0.25) is 0 Å². The van der Waals surface area contributed by atoms with E-state index in [1.54, 1.807) is 0 Å². The maximum absolute atomic E-state index is 4.42. The highest BCUT2D eigenvalue weighted by Crippen LogP contribution is 1.74. The van der Waals surface area contributed by atoms with E-state index in [0.29, 0.717) is 0 Å². The van der Waals surface area contributed by atoms with E-state index in [1.807, 2.05) is 19.1 Å². The molecule has 0 fully saturated rings. The molecule has 0 aromatic rings. The van der Waals surface area contributed by atoms with Gasteiger partial charge in [-0.1, -0.05) is 24.4 Å². The summed E-state index contributed by atoms with van der Waals surface area (Å²) < 4.78 is 0. The van der Waals surface area contributed by atoms with Crippen LogP contribution in [-0.4, -0.2) is 5.37 Å². The van der Waals surface area contributed by atoms with Gasteiger partial charge in [0.2, 0.25) is 0 Å². The molecule has 0 spiro atoms. The molecule has 0 unspecified atom stereocenters. The first-order valence-corrected chi connectivity index (χ1v) is 2.28. The summed E-state index contributed by atoms with van der Waals surface area (Å²) >= 11 is 4.42. The molecule has 1 radical (unpaired) electrons. The molecule has 0 aromatic heterocycles. The summed E-state index contributed by atoms with van der Waals surface area (Å²) in [6, 6.07) is 0. The molecule has 0 aliphatic heterocycles. The predicted molar refractivity (Wildman–Crippen MR) is 32.0 cm³/mol. The number of allylic oxidation sites excluding steroid dienone is 2. The number of hydrogen-bond acceptors (Lipinski definition) is 1. The Hall–Kier alpha value is -0.170. The van der Waals surface area contributed by atoms with E-state index in [4.69, 9.17) is 0 Å². The summed E-state index contributed by atoms with van der Waals surface area (Å²) in [5.41, 5.74) is 0. The molecule has 0 aromatic carbocycles. The minimum Gasteiger partial charge on any atom is -0.0913 e. The fourth-order valence-corrected chi connectivity index (χ4v) is 0.262. The molecule has 0 aliphatic rings. The Balaban J connectivity index is 2.85. The molecule has 0 nitrogen and oxygen atoms in total. The molecule has 0 saturated heterocycles. The average Bonchev–Trinajstić information content (AvgIpc) is 1.61. The van der Waals surface area contributed by atoms with Crippen molar-refractivity contribution in [2.45, 2.75) is 13.3 Å². The van der Waals surface area contributed by atoms with Crippen LogP contribution < -0.4 is 0 Å². The van der Waals surface area contributed by atoms with Crippen LogP contribution in [0.25, 0.3) is 0 Å². The lowest BCUT2D eigenvalue weighted by molar-refractivity contribution is 1.53. The lowest BCUT2D eigenvalue weighted by Gasteiger charge is -1.66. The molecule has 0 N–H and O–H groups in total. The van der Waals surface area contributed by atoms with Crippen LogP contribution in [0.1, 0.15) is 13.3 Å². The Morgan fingerprint density at radius 3 is 2.67 bits per heavy atom. The average molecular weight is 99.2 g/mol. The third-order valence-corrected chi connectivity index (χ3v) is 0.604. The highest BCUT2D eigenvalue weighted by atomic mass is 32.1. The first-order valence-electron chi connectivity index (χ1n) is 1.88. The topological polar surface area (TPSA) is 0 Å². The standard InChI is InChI=1S/C5H7S/c1-2-3-4-5-6/h2-3H,4H2,1H3/b3-2+. The lowest BCUT2D eigenvalue weighted by Crippen LogP contribution is -1.57. The second-order valence-electron chi connectivity index (χ2n) is 0.917. The zero-order chi connectivity index (χ0) is 4.83. The van der Waals surface area contributed by atoms with Gasteiger partial charge in [-0.3, -0.25) is 0 Å². The lowest BCUT2D eigenvalue weighted by atomic mass is 10.4. The molecule has 0 bridgehead atoms. The van der Waals surface area contributed by atoms with Gasteiger partial charge in [-0.25, -0.2) is 0 Å². The number of rotatable bonds is 2. The first kappa shape index (κ1) is 5.83. The van der Waals surface area contributed by atoms with Gasteiger partial charge in [0.05, 0.1) is 0 Å². The van der Waals surface area contributed by atoms with Crippen molar-refractivity contribution in [1.29, 1.82) is 0 Å². The van der Waals surface area contributed by atoms with Gasteiger partial charge in [0.15, 0.2) is 0 Å². The summed E-state index contributed by atoms with van der Waals surface area (Å²) in [4.78, 5) is 0. The van der Waals surface area contributed by atoms with Crippen molar-refractivity contribution < 1.29 is 0 Å². The van der Waals surface area contributed by atoms with E-state index in [1.165, 1.54) is 0 Å². The van der Waals surface area contributed by atoms with Crippen LogP contribution in [-0.2, 0) is 0 Å². The SMILES string of the molecule is C/C=C/C[C]=S. The number of thiocarbonyl (C=S) groups is 1. The quantitative estimate of drug-likeness (QED) is 0.376. The second kappa shape index (κ2) is 4.83. The predicted octanol–water partition coefficient (Wildman–Crippen LogP) is 1.83. The molecular formula is C5H7S. The Labute approximate surface area is 43.9 Å². The molecule has 33 valence electrons. The fourth-order valence-electron chi connectivity index (χ4n) is 0.166. The van der Waals surface area contributed by atoms with Crippen molar-refractivity contribution in [3.63, 3.8) is 0 Å². The normalized spacial score (nSPS) is 9.50. The number of hydrogen-bond donors (Lipinski definition) is 0. The summed E-state index contributed by atoms with van der Waals surface area (Å²) in [5.74, 6) is 0. The van der Waals surface area contributed by atoms with Gasteiger partial charge >= 0.3 is 0 Å². The largest absolute Gasteiger partial charge is 0.0913 e. The van der Waals surface area contributed by atoms with E-state index in [-0.39, 0.29) is 0 Å². The Morgan fingerprint density at radius 1 is 1.83 bits per heavy atom. The van der Waals surface area contributed by atoms with Gasteiger partial charge in [-0.05, 0) is 6.92 Å². The zero-order valence-corrected chi connectivity index (χ0v) is 4.59. The van der Waals surface area contributed by atoms with Crippen molar-refractivity contribution in [2.24, 2.45) is 0 Å². The highest BCUT2D eigenvalue weighted by molar-refractivity contribution is 7.78. The van der Waals surface area contributed by atoms with Gasteiger partial charge in [0.1, 0.15) is 0 Å². The molecular weight excluding hydrogens is 92.1 g/mol. The minimum atomic E-state index is 0.797. The molecule has 0 amide bonds. The van der Waals surface area contributed by atoms with E-state index in [0.717, 1.165) is 6.42 Å². The zero-order valence-electron chi connectivity index (χ0n) is 3.77. The summed E-state index contributed by atoms with van der Waals surface area (Å²) in [6.07, 6.45) is 4.72. The molecule has 0 aliphatic carbocycles. The van der Waals surface area contributed by atoms with Gasteiger partial charge in [-0.2, -0.15) is 0 Å². The Kier molecular flexibility index (Phi) is 4.69. The van der Waals surface area contributed by atoms with Crippen LogP contribution in [0.15, 0.2) is 12.2 Å². The van der Waals surface area contributed by atoms with Crippen molar-refractivity contribution in [3.8, 4) is 0 Å². The van der Waals surface area contributed by atoms with Gasteiger partial charge in [-0.15, -0.1) is 0 Å². The molecule has 0 rings (SSSR count). The third-order valence-electron chi connectivity index (χ3n) is 0.437. The monoisotopic (exact) mass is 99.0 g/mol. The maximum Gasteiger partial charge on any atom is 0.0332 e. The molecule has 0 heterocycles. The molecule has 0 saturated carbocycles. The first-order chi connectivity index (χ1) is 2.91. The van der Waals surface area contributed by atoms with E-state index in [9.17, 15) is 0 Å².